The van der Waals surface area contributed by atoms with Gasteiger partial charge < -0.3 is 14.2 Å². The summed E-state index contributed by atoms with van der Waals surface area (Å²) in [6, 6.07) is 15.3. The van der Waals surface area contributed by atoms with E-state index in [0.29, 0.717) is 17.2 Å². The van der Waals surface area contributed by atoms with Crippen molar-refractivity contribution in [3.63, 3.8) is 0 Å². The summed E-state index contributed by atoms with van der Waals surface area (Å²) in [7, 11) is 2.87. The standard InChI is InChI=1S/C22H16N2O7/c1-29-13-8-10-17(18(12-13)24(27)28)23-21(25)15-9-7-14(11-16(15)22(23)26)31-20-6-4-3-5-19(20)30-2/h3-12H,1-2H3. The molecule has 0 atom stereocenters. The zero-order valence-corrected chi connectivity index (χ0v) is 16.5. The molecule has 1 aliphatic rings. The van der Waals surface area contributed by atoms with Gasteiger partial charge in [-0.3, -0.25) is 19.7 Å². The highest BCUT2D eigenvalue weighted by Crippen LogP contribution is 2.39. The Bertz CT molecular complexity index is 1220. The topological polar surface area (TPSA) is 108 Å². The maximum absolute atomic E-state index is 13.0. The van der Waals surface area contributed by atoms with Gasteiger partial charge in [-0.15, -0.1) is 0 Å². The second-order valence-corrected chi connectivity index (χ2v) is 6.52. The zero-order valence-electron chi connectivity index (χ0n) is 16.5. The summed E-state index contributed by atoms with van der Waals surface area (Å²) in [6.45, 7) is 0. The van der Waals surface area contributed by atoms with Gasteiger partial charge in [0.15, 0.2) is 11.5 Å². The van der Waals surface area contributed by atoms with E-state index in [-0.39, 0.29) is 22.6 Å². The highest BCUT2D eigenvalue weighted by Gasteiger charge is 2.40. The number of anilines is 1. The summed E-state index contributed by atoms with van der Waals surface area (Å²) in [4.78, 5) is 37.6. The van der Waals surface area contributed by atoms with Crippen molar-refractivity contribution in [2.75, 3.05) is 19.1 Å². The van der Waals surface area contributed by atoms with Crippen LogP contribution < -0.4 is 19.1 Å². The van der Waals surface area contributed by atoms with E-state index in [1.54, 1.807) is 30.3 Å². The normalized spacial score (nSPS) is 12.5. The number of ether oxygens (including phenoxy) is 3. The number of methoxy groups -OCH3 is 2. The van der Waals surface area contributed by atoms with E-state index in [0.717, 1.165) is 11.0 Å². The minimum atomic E-state index is -0.682. The third-order valence-corrected chi connectivity index (χ3v) is 4.78. The Kier molecular flexibility index (Phi) is 5.00. The molecule has 9 nitrogen and oxygen atoms in total. The van der Waals surface area contributed by atoms with E-state index in [1.807, 2.05) is 0 Å². The number of carbonyl (C=O) groups is 2. The molecule has 0 spiro atoms. The van der Waals surface area contributed by atoms with E-state index < -0.39 is 22.4 Å². The van der Waals surface area contributed by atoms with Crippen molar-refractivity contribution in [1.82, 2.24) is 0 Å². The predicted octanol–water partition coefficient (Wildman–Crippen LogP) is 4.20. The van der Waals surface area contributed by atoms with Gasteiger partial charge in [-0.25, -0.2) is 4.90 Å². The summed E-state index contributed by atoms with van der Waals surface area (Å²) in [6.07, 6.45) is 0. The average Bonchev–Trinajstić information content (AvgIpc) is 3.03. The van der Waals surface area contributed by atoms with E-state index in [4.69, 9.17) is 14.2 Å². The SMILES string of the molecule is COc1ccc(N2C(=O)c3ccc(Oc4ccccc4OC)cc3C2=O)c([N+](=O)[O-])c1. The maximum atomic E-state index is 13.0. The van der Waals surface area contributed by atoms with Crippen LogP contribution >= 0.6 is 0 Å². The molecule has 0 radical (unpaired) electrons. The average molecular weight is 420 g/mol. The minimum absolute atomic E-state index is 0.0857. The maximum Gasteiger partial charge on any atom is 0.297 e. The summed E-state index contributed by atoms with van der Waals surface area (Å²) >= 11 is 0. The number of nitrogens with zero attached hydrogens (tertiary/aromatic N) is 2. The first kappa shape index (κ1) is 19.9. The molecular weight excluding hydrogens is 404 g/mol. The van der Waals surface area contributed by atoms with Gasteiger partial charge in [0.2, 0.25) is 0 Å². The first-order chi connectivity index (χ1) is 14.9. The number of rotatable bonds is 6. The van der Waals surface area contributed by atoms with Crippen molar-refractivity contribution < 1.29 is 28.7 Å². The van der Waals surface area contributed by atoms with Gasteiger partial charge in [0.1, 0.15) is 17.2 Å². The number of para-hydroxylation sites is 2. The van der Waals surface area contributed by atoms with Crippen LogP contribution in [0, 0.1) is 10.1 Å². The predicted molar refractivity (Wildman–Crippen MR) is 110 cm³/mol. The molecule has 3 aromatic rings. The van der Waals surface area contributed by atoms with Gasteiger partial charge in [-0.1, -0.05) is 12.1 Å². The lowest BCUT2D eigenvalue weighted by molar-refractivity contribution is -0.384. The lowest BCUT2D eigenvalue weighted by Crippen LogP contribution is -2.30. The number of amides is 2. The molecule has 1 heterocycles. The van der Waals surface area contributed by atoms with Gasteiger partial charge in [0.25, 0.3) is 17.5 Å². The molecule has 0 fully saturated rings. The fourth-order valence-corrected chi connectivity index (χ4v) is 3.30. The van der Waals surface area contributed by atoms with E-state index >= 15 is 0 Å². The molecule has 0 bridgehead atoms. The number of hydrogen-bond donors (Lipinski definition) is 0. The molecule has 4 rings (SSSR count). The molecular formula is C22H16N2O7. The number of imide groups is 1. The number of nitro benzene ring substituents is 1. The number of hydrogen-bond acceptors (Lipinski definition) is 7. The third kappa shape index (κ3) is 3.42. The quantitative estimate of drug-likeness (QED) is 0.334. The molecule has 31 heavy (non-hydrogen) atoms. The Morgan fingerprint density at radius 2 is 1.48 bits per heavy atom. The first-order valence-corrected chi connectivity index (χ1v) is 9.10. The fourth-order valence-electron chi connectivity index (χ4n) is 3.30. The highest BCUT2D eigenvalue weighted by molar-refractivity contribution is 6.35. The summed E-state index contributed by atoms with van der Waals surface area (Å²) in [5, 5.41) is 11.5. The molecule has 1 aliphatic heterocycles. The second-order valence-electron chi connectivity index (χ2n) is 6.52. The smallest absolute Gasteiger partial charge is 0.297 e. The number of benzene rings is 3. The molecule has 2 amide bonds. The fraction of sp³-hybridized carbons (Fsp3) is 0.0909. The summed E-state index contributed by atoms with van der Waals surface area (Å²) in [5.41, 5.74) is -0.339. The highest BCUT2D eigenvalue weighted by atomic mass is 16.6. The molecule has 3 aromatic carbocycles. The number of fused-ring (bicyclic) bond motifs is 1. The van der Waals surface area contributed by atoms with Crippen LogP contribution in [-0.4, -0.2) is 31.0 Å². The Morgan fingerprint density at radius 1 is 0.806 bits per heavy atom. The van der Waals surface area contributed by atoms with E-state index in [1.165, 1.54) is 38.5 Å². The monoisotopic (exact) mass is 420 g/mol. The minimum Gasteiger partial charge on any atom is -0.496 e. The van der Waals surface area contributed by atoms with Gasteiger partial charge >= 0.3 is 0 Å². The van der Waals surface area contributed by atoms with Crippen LogP contribution in [0.5, 0.6) is 23.0 Å². The van der Waals surface area contributed by atoms with Crippen LogP contribution in [-0.2, 0) is 0 Å². The van der Waals surface area contributed by atoms with E-state index in [9.17, 15) is 19.7 Å². The Labute approximate surface area is 176 Å². The van der Waals surface area contributed by atoms with Crippen molar-refractivity contribution in [2.24, 2.45) is 0 Å². The van der Waals surface area contributed by atoms with Crippen molar-refractivity contribution >= 4 is 23.2 Å². The van der Waals surface area contributed by atoms with Crippen molar-refractivity contribution in [1.29, 1.82) is 0 Å². The molecule has 0 N–H and O–H groups in total. The Hall–Kier alpha value is -4.40. The van der Waals surface area contributed by atoms with E-state index in [2.05, 4.69) is 0 Å². The van der Waals surface area contributed by atoms with Crippen LogP contribution in [0.1, 0.15) is 20.7 Å². The zero-order chi connectivity index (χ0) is 22.1. The van der Waals surface area contributed by atoms with Gasteiger partial charge in [0, 0.05) is 0 Å². The van der Waals surface area contributed by atoms with Crippen LogP contribution in [0.2, 0.25) is 0 Å². The van der Waals surface area contributed by atoms with Crippen molar-refractivity contribution in [2.45, 2.75) is 0 Å². The number of nitro groups is 1. The van der Waals surface area contributed by atoms with Crippen molar-refractivity contribution in [3.8, 4) is 23.0 Å². The third-order valence-electron chi connectivity index (χ3n) is 4.78. The molecule has 9 heteroatoms. The van der Waals surface area contributed by atoms with Crippen LogP contribution in [0.3, 0.4) is 0 Å². The lowest BCUT2D eigenvalue weighted by atomic mass is 10.1. The van der Waals surface area contributed by atoms with Gasteiger partial charge in [-0.05, 0) is 42.5 Å². The molecule has 156 valence electrons. The van der Waals surface area contributed by atoms with Gasteiger partial charge in [-0.2, -0.15) is 0 Å². The Morgan fingerprint density at radius 3 is 2.16 bits per heavy atom. The van der Waals surface area contributed by atoms with Gasteiger partial charge in [0.05, 0.1) is 36.3 Å². The molecule has 0 aliphatic carbocycles. The molecule has 0 saturated carbocycles. The number of carbonyl (C=O) groups excluding carboxylic acids is 2. The van der Waals surface area contributed by atoms with Crippen LogP contribution in [0.15, 0.2) is 60.7 Å². The van der Waals surface area contributed by atoms with Crippen LogP contribution in [0.4, 0.5) is 11.4 Å². The van der Waals surface area contributed by atoms with Crippen molar-refractivity contribution in [3.05, 3.63) is 81.9 Å². The summed E-state index contributed by atoms with van der Waals surface area (Å²) < 4.78 is 16.1. The summed E-state index contributed by atoms with van der Waals surface area (Å²) in [5.74, 6) is 0.149. The largest absolute Gasteiger partial charge is 0.496 e. The lowest BCUT2D eigenvalue weighted by Gasteiger charge is -2.14. The Balaban J connectivity index is 1.72. The molecule has 0 saturated heterocycles. The van der Waals surface area contributed by atoms with Crippen LogP contribution in [0.25, 0.3) is 0 Å². The molecule has 0 aromatic heterocycles. The second kappa shape index (κ2) is 7.79. The first-order valence-electron chi connectivity index (χ1n) is 9.10. The molecule has 0 unspecified atom stereocenters.